The molecular formula is C16H25NO2S. The molecule has 0 bridgehead atoms. The second-order valence-electron chi connectivity index (χ2n) is 5.65. The quantitative estimate of drug-likeness (QED) is 0.839. The van der Waals surface area contributed by atoms with E-state index >= 15 is 0 Å². The molecule has 3 atom stereocenters. The van der Waals surface area contributed by atoms with Crippen molar-refractivity contribution in [2.75, 3.05) is 6.61 Å². The van der Waals surface area contributed by atoms with E-state index < -0.39 is 0 Å². The molecule has 0 spiro atoms. The van der Waals surface area contributed by atoms with Crippen LogP contribution in [0.3, 0.4) is 0 Å². The van der Waals surface area contributed by atoms with Crippen LogP contribution in [0.25, 0.3) is 0 Å². The van der Waals surface area contributed by atoms with Crippen molar-refractivity contribution in [3.8, 4) is 0 Å². The highest BCUT2D eigenvalue weighted by Gasteiger charge is 2.29. The van der Waals surface area contributed by atoms with Crippen LogP contribution in [-0.4, -0.2) is 18.6 Å². The van der Waals surface area contributed by atoms with E-state index in [1.54, 1.807) is 0 Å². The molecule has 1 aromatic rings. The van der Waals surface area contributed by atoms with E-state index in [4.69, 9.17) is 4.74 Å². The average molecular weight is 295 g/mol. The number of esters is 1. The first-order valence-corrected chi connectivity index (χ1v) is 8.40. The maximum Gasteiger partial charge on any atom is 0.308 e. The van der Waals surface area contributed by atoms with Crippen LogP contribution in [-0.2, 0) is 9.53 Å². The third kappa shape index (κ3) is 4.06. The van der Waals surface area contributed by atoms with Gasteiger partial charge in [0, 0.05) is 21.8 Å². The van der Waals surface area contributed by atoms with E-state index in [9.17, 15) is 4.79 Å². The molecule has 1 heterocycles. The van der Waals surface area contributed by atoms with Crippen molar-refractivity contribution in [3.05, 3.63) is 21.9 Å². The molecular weight excluding hydrogens is 270 g/mol. The van der Waals surface area contributed by atoms with Gasteiger partial charge < -0.3 is 10.1 Å². The number of hydrogen-bond donors (Lipinski definition) is 1. The average Bonchev–Trinajstić information content (AvgIpc) is 2.86. The van der Waals surface area contributed by atoms with Crippen molar-refractivity contribution in [1.29, 1.82) is 0 Å². The third-order valence-electron chi connectivity index (χ3n) is 3.97. The minimum Gasteiger partial charge on any atom is -0.466 e. The summed E-state index contributed by atoms with van der Waals surface area (Å²) in [6.45, 7) is 6.70. The number of nitrogens with one attached hydrogen (secondary N) is 1. The zero-order valence-electron chi connectivity index (χ0n) is 12.6. The summed E-state index contributed by atoms with van der Waals surface area (Å²) in [5.41, 5.74) is 0. The Kier molecular flexibility index (Phi) is 5.61. The summed E-state index contributed by atoms with van der Waals surface area (Å²) >= 11 is 1.85. The summed E-state index contributed by atoms with van der Waals surface area (Å²) in [4.78, 5) is 14.6. The van der Waals surface area contributed by atoms with E-state index in [1.807, 2.05) is 18.3 Å². The predicted molar refractivity (Wildman–Crippen MR) is 83.0 cm³/mol. The van der Waals surface area contributed by atoms with Crippen LogP contribution < -0.4 is 5.32 Å². The summed E-state index contributed by atoms with van der Waals surface area (Å²) in [5, 5.41) is 3.68. The van der Waals surface area contributed by atoms with Crippen LogP contribution in [0.1, 0.15) is 55.3 Å². The smallest absolute Gasteiger partial charge is 0.308 e. The van der Waals surface area contributed by atoms with Crippen molar-refractivity contribution in [3.63, 3.8) is 0 Å². The van der Waals surface area contributed by atoms with Gasteiger partial charge in [-0.15, -0.1) is 11.3 Å². The summed E-state index contributed by atoms with van der Waals surface area (Å²) in [6.07, 6.45) is 4.15. The number of thiophene rings is 1. The topological polar surface area (TPSA) is 38.3 Å². The molecule has 2 rings (SSSR count). The van der Waals surface area contributed by atoms with Crippen molar-refractivity contribution < 1.29 is 9.53 Å². The van der Waals surface area contributed by atoms with Crippen LogP contribution in [0.2, 0.25) is 0 Å². The number of carbonyl (C=O) groups excluding carboxylic acids is 1. The number of aryl methyl sites for hydroxylation is 1. The molecule has 0 aliphatic heterocycles. The van der Waals surface area contributed by atoms with Gasteiger partial charge in [-0.1, -0.05) is 6.42 Å². The van der Waals surface area contributed by atoms with Crippen LogP contribution in [0.15, 0.2) is 12.1 Å². The SMILES string of the molecule is CCOC(=O)C1CCCC(NC(C)c2ccc(C)s2)C1. The minimum atomic E-state index is -0.0152. The first kappa shape index (κ1) is 15.5. The van der Waals surface area contributed by atoms with Gasteiger partial charge in [0.15, 0.2) is 0 Å². The van der Waals surface area contributed by atoms with Crippen molar-refractivity contribution in [2.24, 2.45) is 5.92 Å². The Balaban J connectivity index is 1.87. The van der Waals surface area contributed by atoms with Crippen LogP contribution >= 0.6 is 11.3 Å². The predicted octanol–water partition coefficient (Wildman–Crippen LogP) is 3.83. The fourth-order valence-corrected chi connectivity index (χ4v) is 3.83. The number of hydrogen-bond acceptors (Lipinski definition) is 4. The lowest BCUT2D eigenvalue weighted by Crippen LogP contribution is -2.38. The second kappa shape index (κ2) is 7.23. The van der Waals surface area contributed by atoms with E-state index in [2.05, 4.69) is 31.3 Å². The molecule has 3 unspecified atom stereocenters. The lowest BCUT2D eigenvalue weighted by Gasteiger charge is -2.30. The van der Waals surface area contributed by atoms with Crippen LogP contribution in [0, 0.1) is 12.8 Å². The number of carbonyl (C=O) groups is 1. The molecule has 1 aliphatic rings. The van der Waals surface area contributed by atoms with Gasteiger partial charge in [-0.25, -0.2) is 0 Å². The van der Waals surface area contributed by atoms with Crippen molar-refractivity contribution in [2.45, 2.75) is 58.5 Å². The summed E-state index contributed by atoms with van der Waals surface area (Å²) < 4.78 is 5.16. The lowest BCUT2D eigenvalue weighted by molar-refractivity contribution is -0.149. The lowest BCUT2D eigenvalue weighted by atomic mass is 9.85. The number of rotatable bonds is 5. The molecule has 1 aliphatic carbocycles. The van der Waals surface area contributed by atoms with Gasteiger partial charge in [0.2, 0.25) is 0 Å². The Bertz CT molecular complexity index is 443. The van der Waals surface area contributed by atoms with Gasteiger partial charge in [-0.2, -0.15) is 0 Å². The van der Waals surface area contributed by atoms with E-state index in [0.29, 0.717) is 18.7 Å². The molecule has 0 aromatic carbocycles. The molecule has 0 amide bonds. The van der Waals surface area contributed by atoms with Gasteiger partial charge in [0.25, 0.3) is 0 Å². The Labute approximate surface area is 125 Å². The van der Waals surface area contributed by atoms with Gasteiger partial charge >= 0.3 is 5.97 Å². The van der Waals surface area contributed by atoms with Crippen molar-refractivity contribution in [1.82, 2.24) is 5.32 Å². The maximum absolute atomic E-state index is 11.9. The Morgan fingerprint density at radius 2 is 2.30 bits per heavy atom. The summed E-state index contributed by atoms with van der Waals surface area (Å²) in [7, 11) is 0. The van der Waals surface area contributed by atoms with Gasteiger partial charge in [0.05, 0.1) is 12.5 Å². The molecule has 3 nitrogen and oxygen atoms in total. The standard InChI is InChI=1S/C16H25NO2S/c1-4-19-16(18)13-6-5-7-14(10-13)17-12(3)15-9-8-11(2)20-15/h8-9,12-14,17H,4-7,10H2,1-3H3. The normalized spacial score (nSPS) is 24.4. The first-order chi connectivity index (χ1) is 9.60. The summed E-state index contributed by atoms with van der Waals surface area (Å²) in [5.74, 6) is 0.0668. The third-order valence-corrected chi connectivity index (χ3v) is 5.15. The van der Waals surface area contributed by atoms with Crippen LogP contribution in [0.5, 0.6) is 0 Å². The zero-order valence-corrected chi connectivity index (χ0v) is 13.5. The van der Waals surface area contributed by atoms with Gasteiger partial charge in [-0.3, -0.25) is 4.79 Å². The monoisotopic (exact) mass is 295 g/mol. The molecule has 0 saturated heterocycles. The largest absolute Gasteiger partial charge is 0.466 e. The fourth-order valence-electron chi connectivity index (χ4n) is 2.94. The molecule has 1 aromatic heterocycles. The van der Waals surface area contributed by atoms with E-state index in [-0.39, 0.29) is 11.9 Å². The van der Waals surface area contributed by atoms with Gasteiger partial charge in [0.1, 0.15) is 0 Å². The summed E-state index contributed by atoms with van der Waals surface area (Å²) in [6, 6.07) is 5.15. The van der Waals surface area contributed by atoms with E-state index in [1.165, 1.54) is 9.75 Å². The Morgan fingerprint density at radius 3 is 2.95 bits per heavy atom. The fraction of sp³-hybridized carbons (Fsp3) is 0.688. The molecule has 4 heteroatoms. The Morgan fingerprint density at radius 1 is 1.50 bits per heavy atom. The van der Waals surface area contributed by atoms with Gasteiger partial charge in [-0.05, 0) is 52.2 Å². The van der Waals surface area contributed by atoms with Crippen molar-refractivity contribution >= 4 is 17.3 Å². The molecule has 0 radical (unpaired) electrons. The molecule has 1 saturated carbocycles. The minimum absolute atomic E-state index is 0.0152. The highest BCUT2D eigenvalue weighted by Crippen LogP contribution is 2.29. The molecule has 20 heavy (non-hydrogen) atoms. The highest BCUT2D eigenvalue weighted by molar-refractivity contribution is 7.12. The maximum atomic E-state index is 11.9. The molecule has 112 valence electrons. The molecule has 1 N–H and O–H groups in total. The van der Waals surface area contributed by atoms with Crippen LogP contribution in [0.4, 0.5) is 0 Å². The second-order valence-corrected chi connectivity index (χ2v) is 6.97. The zero-order chi connectivity index (χ0) is 14.5. The first-order valence-electron chi connectivity index (χ1n) is 7.59. The van der Waals surface area contributed by atoms with E-state index in [0.717, 1.165) is 25.7 Å². The molecule has 1 fully saturated rings. The Hall–Kier alpha value is -0.870. The highest BCUT2D eigenvalue weighted by atomic mass is 32.1. The number of ether oxygens (including phenoxy) is 1.